The van der Waals surface area contributed by atoms with E-state index in [1.807, 2.05) is 0 Å². The first-order valence-electron chi connectivity index (χ1n) is 9.02. The fraction of sp³-hybridized carbons (Fsp3) is 0.286. The molecular weight excluding hydrogens is 396 g/mol. The van der Waals surface area contributed by atoms with E-state index in [4.69, 9.17) is 0 Å². The molecule has 0 amide bonds. The third-order valence-corrected chi connectivity index (χ3v) is 10.7. The van der Waals surface area contributed by atoms with E-state index in [1.165, 1.54) is 24.3 Å². The van der Waals surface area contributed by atoms with Crippen molar-refractivity contribution in [3.05, 3.63) is 72.8 Å². The summed E-state index contributed by atoms with van der Waals surface area (Å²) < 4.78 is 52.0. The van der Waals surface area contributed by atoms with Gasteiger partial charge in [0.2, 0.25) is 0 Å². The summed E-state index contributed by atoms with van der Waals surface area (Å²) in [7, 11) is -7.93. The molecule has 0 unspecified atom stereocenters. The Balaban J connectivity index is 1.89. The summed E-state index contributed by atoms with van der Waals surface area (Å²) in [5.74, 6) is -1.24. The predicted molar refractivity (Wildman–Crippen MR) is 105 cm³/mol. The number of hydrogen-bond donors (Lipinski definition) is 0. The summed E-state index contributed by atoms with van der Waals surface area (Å²) in [6, 6.07) is 15.7. The van der Waals surface area contributed by atoms with Crippen LogP contribution in [0.15, 0.2) is 82.6 Å². The molecule has 146 valence electrons. The zero-order valence-corrected chi connectivity index (χ0v) is 16.7. The van der Waals surface area contributed by atoms with Gasteiger partial charge in [0, 0.05) is 12.3 Å². The van der Waals surface area contributed by atoms with Crippen LogP contribution in [0.4, 0.5) is 0 Å². The number of rotatable bonds is 4. The number of sulfone groups is 2. The first kappa shape index (κ1) is 19.1. The highest BCUT2D eigenvalue weighted by atomic mass is 32.2. The second kappa shape index (κ2) is 6.39. The molecule has 2 aromatic rings. The largest absolute Gasteiger partial charge is 0.298 e. The summed E-state index contributed by atoms with van der Waals surface area (Å²) in [5.41, 5.74) is 0.293. The van der Waals surface area contributed by atoms with Gasteiger partial charge >= 0.3 is 0 Å². The lowest BCUT2D eigenvalue weighted by atomic mass is 9.98. The summed E-state index contributed by atoms with van der Waals surface area (Å²) >= 11 is 0. The highest BCUT2D eigenvalue weighted by Crippen LogP contribution is 2.56. The lowest BCUT2D eigenvalue weighted by molar-refractivity contribution is -0.119. The molecule has 0 aliphatic heterocycles. The van der Waals surface area contributed by atoms with E-state index in [0.717, 1.165) is 0 Å². The second-order valence-electron chi connectivity index (χ2n) is 7.39. The third kappa shape index (κ3) is 2.46. The molecule has 4 rings (SSSR count). The van der Waals surface area contributed by atoms with Gasteiger partial charge in [-0.15, -0.1) is 0 Å². The Morgan fingerprint density at radius 3 is 1.96 bits per heavy atom. The topological polar surface area (TPSA) is 85.3 Å². The van der Waals surface area contributed by atoms with Crippen molar-refractivity contribution in [2.24, 2.45) is 5.92 Å². The molecular formula is C21H20O5S2. The molecule has 3 atom stereocenters. The van der Waals surface area contributed by atoms with Crippen LogP contribution in [0.2, 0.25) is 0 Å². The highest BCUT2D eigenvalue weighted by molar-refractivity contribution is 7.94. The van der Waals surface area contributed by atoms with Gasteiger partial charge in [0.15, 0.2) is 25.5 Å². The van der Waals surface area contributed by atoms with Crippen LogP contribution < -0.4 is 0 Å². The number of benzene rings is 2. The highest BCUT2D eigenvalue weighted by Gasteiger charge is 2.68. The van der Waals surface area contributed by atoms with Crippen molar-refractivity contribution in [2.45, 2.75) is 39.1 Å². The van der Waals surface area contributed by atoms with Gasteiger partial charge < -0.3 is 0 Å². The average Bonchev–Trinajstić information content (AvgIpc) is 3.18. The van der Waals surface area contributed by atoms with E-state index in [9.17, 15) is 21.6 Å². The summed E-state index contributed by atoms with van der Waals surface area (Å²) in [4.78, 5) is 13.1. The number of carbonyl (C=O) groups is 1. The summed E-state index contributed by atoms with van der Waals surface area (Å²) in [5, 5.41) is -1.08. The standard InChI is InChI=1S/C21H20O5S2/c1-15-14-21(28(25,26)17-10-6-3-7-11-17)18(12-13-19(21)22)20(15)27(23,24)16-8-4-2-5-9-16/h2-11,18,20H,1,12-14H2/t18-,20+,21-/m0/s1. The van der Waals surface area contributed by atoms with E-state index < -0.39 is 41.4 Å². The van der Waals surface area contributed by atoms with Crippen LogP contribution in [0.5, 0.6) is 0 Å². The maximum atomic E-state index is 13.5. The Morgan fingerprint density at radius 2 is 1.39 bits per heavy atom. The third-order valence-electron chi connectivity index (χ3n) is 5.95. The monoisotopic (exact) mass is 416 g/mol. The molecule has 5 nitrogen and oxygen atoms in total. The van der Waals surface area contributed by atoms with Crippen LogP contribution in [0.1, 0.15) is 19.3 Å². The van der Waals surface area contributed by atoms with Crippen LogP contribution in [-0.4, -0.2) is 32.6 Å². The van der Waals surface area contributed by atoms with Crippen molar-refractivity contribution < 1.29 is 21.6 Å². The van der Waals surface area contributed by atoms with Gasteiger partial charge in [-0.3, -0.25) is 4.79 Å². The van der Waals surface area contributed by atoms with Gasteiger partial charge in [0.05, 0.1) is 15.0 Å². The fourth-order valence-corrected chi connectivity index (χ4v) is 9.34. The molecule has 0 saturated heterocycles. The first-order valence-corrected chi connectivity index (χ1v) is 12.1. The number of Topliss-reactive ketones (excluding diaryl/α,β-unsaturated/α-hetero) is 1. The molecule has 2 aliphatic carbocycles. The SMILES string of the molecule is C=C1C[C@@]2(S(=O)(=O)c3ccccc3)C(=O)CC[C@H]2[C@@H]1S(=O)(=O)c1ccccc1. The van der Waals surface area contributed by atoms with Crippen molar-refractivity contribution in [3.8, 4) is 0 Å². The normalized spacial score (nSPS) is 27.7. The maximum absolute atomic E-state index is 13.5. The molecule has 7 heteroatoms. The molecule has 2 fully saturated rings. The quantitative estimate of drug-likeness (QED) is 0.716. The summed E-state index contributed by atoms with van der Waals surface area (Å²) in [6.07, 6.45) is 0.135. The van der Waals surface area contributed by atoms with E-state index in [1.54, 1.807) is 36.4 Å². The molecule has 28 heavy (non-hydrogen) atoms. The Morgan fingerprint density at radius 1 is 0.857 bits per heavy atom. The Labute approximate surface area is 164 Å². The fourth-order valence-electron chi connectivity index (χ4n) is 4.73. The Bertz CT molecular complexity index is 1150. The lowest BCUT2D eigenvalue weighted by Gasteiger charge is -2.29. The number of fused-ring (bicyclic) bond motifs is 1. The number of carbonyl (C=O) groups excluding carboxylic acids is 1. The molecule has 0 aromatic heterocycles. The van der Waals surface area contributed by atoms with Crippen molar-refractivity contribution in [1.29, 1.82) is 0 Å². The van der Waals surface area contributed by atoms with Crippen molar-refractivity contribution >= 4 is 25.5 Å². The molecule has 0 N–H and O–H groups in total. The van der Waals surface area contributed by atoms with Gasteiger partial charge in [-0.25, -0.2) is 16.8 Å². The molecule has 0 spiro atoms. The van der Waals surface area contributed by atoms with Gasteiger partial charge in [-0.05, 0) is 37.1 Å². The van der Waals surface area contributed by atoms with Crippen LogP contribution in [-0.2, 0) is 24.5 Å². The molecule has 0 radical (unpaired) electrons. The number of ketones is 1. The van der Waals surface area contributed by atoms with Crippen LogP contribution >= 0.6 is 0 Å². The smallest absolute Gasteiger partial charge is 0.191 e. The van der Waals surface area contributed by atoms with Crippen molar-refractivity contribution in [2.75, 3.05) is 0 Å². The van der Waals surface area contributed by atoms with Gasteiger partial charge in [0.1, 0.15) is 4.75 Å². The molecule has 2 aromatic carbocycles. The minimum absolute atomic E-state index is 0.0424. The first-order chi connectivity index (χ1) is 13.2. The average molecular weight is 417 g/mol. The van der Waals surface area contributed by atoms with E-state index in [0.29, 0.717) is 5.57 Å². The molecule has 2 saturated carbocycles. The van der Waals surface area contributed by atoms with Crippen molar-refractivity contribution in [1.82, 2.24) is 0 Å². The zero-order chi connectivity index (χ0) is 20.2. The maximum Gasteiger partial charge on any atom is 0.191 e. The summed E-state index contributed by atoms with van der Waals surface area (Å²) in [6.45, 7) is 3.90. The van der Waals surface area contributed by atoms with Crippen LogP contribution in [0, 0.1) is 5.92 Å². The molecule has 0 heterocycles. The zero-order valence-electron chi connectivity index (χ0n) is 15.1. The van der Waals surface area contributed by atoms with Gasteiger partial charge in [-0.1, -0.05) is 48.6 Å². The van der Waals surface area contributed by atoms with E-state index in [-0.39, 0.29) is 29.1 Å². The number of hydrogen-bond acceptors (Lipinski definition) is 5. The van der Waals surface area contributed by atoms with Crippen LogP contribution in [0.25, 0.3) is 0 Å². The predicted octanol–water partition coefficient (Wildman–Crippen LogP) is 2.98. The van der Waals surface area contributed by atoms with Crippen molar-refractivity contribution in [3.63, 3.8) is 0 Å². The second-order valence-corrected chi connectivity index (χ2v) is 11.7. The van der Waals surface area contributed by atoms with E-state index >= 15 is 0 Å². The van der Waals surface area contributed by atoms with Gasteiger partial charge in [0.25, 0.3) is 0 Å². The Hall–Kier alpha value is -2.25. The minimum atomic E-state index is -4.07. The molecule has 0 bridgehead atoms. The Kier molecular flexibility index (Phi) is 4.35. The lowest BCUT2D eigenvalue weighted by Crippen LogP contribution is -2.47. The van der Waals surface area contributed by atoms with E-state index in [2.05, 4.69) is 6.58 Å². The molecule has 2 aliphatic rings. The van der Waals surface area contributed by atoms with Crippen LogP contribution in [0.3, 0.4) is 0 Å². The minimum Gasteiger partial charge on any atom is -0.298 e. The van der Waals surface area contributed by atoms with Gasteiger partial charge in [-0.2, -0.15) is 0 Å².